The Bertz CT molecular complexity index is 3230. The first kappa shape index (κ1) is 31.9. The minimum absolute atomic E-state index is 0.577. The lowest BCUT2D eigenvalue weighted by atomic mass is 9.95. The van der Waals surface area contributed by atoms with Gasteiger partial charge in [0.15, 0.2) is 17.5 Å². The van der Waals surface area contributed by atoms with E-state index in [9.17, 15) is 0 Å². The first-order valence-electron chi connectivity index (χ1n) is 18.8. The van der Waals surface area contributed by atoms with Crippen LogP contribution in [-0.2, 0) is 0 Å². The molecule has 0 spiro atoms. The number of hydrogen-bond acceptors (Lipinski definition) is 4. The molecule has 0 fully saturated rings. The summed E-state index contributed by atoms with van der Waals surface area (Å²) in [5.74, 6) is 1.80. The molecule has 11 aromatic rings. The van der Waals surface area contributed by atoms with Crippen LogP contribution < -0.4 is 0 Å². The number of para-hydroxylation sites is 2. The molecule has 0 atom stereocenters. The average Bonchev–Trinajstić information content (AvgIpc) is 3.82. The van der Waals surface area contributed by atoms with Gasteiger partial charge in [0.1, 0.15) is 11.2 Å². The quantitative estimate of drug-likeness (QED) is 0.172. The zero-order valence-electron chi connectivity index (χ0n) is 30.2. The Morgan fingerprint density at radius 3 is 1.71 bits per heavy atom. The number of hydrogen-bond donors (Lipinski definition) is 0. The van der Waals surface area contributed by atoms with E-state index in [2.05, 4.69) is 150 Å². The van der Waals surface area contributed by atoms with Crippen molar-refractivity contribution in [3.63, 3.8) is 0 Å². The number of benzene rings is 8. The topological polar surface area (TPSA) is 56.7 Å². The fourth-order valence-electron chi connectivity index (χ4n) is 8.05. The van der Waals surface area contributed by atoms with Gasteiger partial charge in [-0.25, -0.2) is 15.0 Å². The Kier molecular flexibility index (Phi) is 7.42. The Morgan fingerprint density at radius 2 is 0.964 bits per heavy atom. The summed E-state index contributed by atoms with van der Waals surface area (Å²) in [6.07, 6.45) is 0. The molecule has 5 nitrogen and oxygen atoms in total. The van der Waals surface area contributed by atoms with Gasteiger partial charge in [-0.15, -0.1) is 0 Å². The Morgan fingerprint density at radius 1 is 0.357 bits per heavy atom. The average molecular weight is 717 g/mol. The second-order valence-corrected chi connectivity index (χ2v) is 14.0. The second-order valence-electron chi connectivity index (χ2n) is 14.0. The number of nitrogens with zero attached hydrogens (tertiary/aromatic N) is 4. The fourth-order valence-corrected chi connectivity index (χ4v) is 8.05. The van der Waals surface area contributed by atoms with Crippen LogP contribution in [0.3, 0.4) is 0 Å². The van der Waals surface area contributed by atoms with Crippen LogP contribution in [0.15, 0.2) is 199 Å². The lowest BCUT2D eigenvalue weighted by molar-refractivity contribution is 0.670. The van der Waals surface area contributed by atoms with Crippen molar-refractivity contribution in [1.29, 1.82) is 0 Å². The molecule has 0 unspecified atom stereocenters. The van der Waals surface area contributed by atoms with Crippen LogP contribution in [-0.4, -0.2) is 19.5 Å². The fraction of sp³-hybridized carbons (Fsp3) is 0. The van der Waals surface area contributed by atoms with Gasteiger partial charge in [-0.2, -0.15) is 0 Å². The molecule has 3 aromatic heterocycles. The van der Waals surface area contributed by atoms with Gasteiger partial charge in [0.05, 0.1) is 11.0 Å². The third-order valence-electron chi connectivity index (χ3n) is 10.6. The van der Waals surface area contributed by atoms with E-state index in [1.54, 1.807) is 0 Å². The summed E-state index contributed by atoms with van der Waals surface area (Å²) in [6, 6.07) is 67.3. The molecule has 262 valence electrons. The number of furan rings is 1. The molecule has 0 amide bonds. The lowest BCUT2D eigenvalue weighted by Crippen LogP contribution is -2.00. The number of rotatable bonds is 6. The highest BCUT2D eigenvalue weighted by Gasteiger charge is 2.21. The van der Waals surface area contributed by atoms with Crippen molar-refractivity contribution in [3.8, 4) is 62.1 Å². The third-order valence-corrected chi connectivity index (χ3v) is 10.6. The molecule has 56 heavy (non-hydrogen) atoms. The van der Waals surface area contributed by atoms with Gasteiger partial charge in [-0.3, -0.25) is 0 Å². The summed E-state index contributed by atoms with van der Waals surface area (Å²) in [5, 5.41) is 4.33. The molecule has 0 aliphatic carbocycles. The summed E-state index contributed by atoms with van der Waals surface area (Å²) in [6.45, 7) is 0. The standard InChI is InChI=1S/C51H32N4O/c1-5-16-33(17-6-1)37-30-42(34-18-7-2-8-19-34)48-43(31-37)39-29-28-36(32-46(39)56-48)50-52-49(35-20-9-3-10-21-35)53-51(54-50)41-25-15-27-45-47(41)40-24-13-14-26-44(40)55(45)38-22-11-4-12-23-38/h1-32H. The van der Waals surface area contributed by atoms with Gasteiger partial charge in [0.2, 0.25) is 0 Å². The minimum Gasteiger partial charge on any atom is -0.455 e. The molecule has 0 saturated heterocycles. The molecule has 0 aliphatic rings. The van der Waals surface area contributed by atoms with Crippen molar-refractivity contribution in [2.75, 3.05) is 0 Å². The van der Waals surface area contributed by atoms with Crippen LogP contribution in [0.5, 0.6) is 0 Å². The highest BCUT2D eigenvalue weighted by atomic mass is 16.3. The molecule has 8 aromatic carbocycles. The highest BCUT2D eigenvalue weighted by molar-refractivity contribution is 6.15. The highest BCUT2D eigenvalue weighted by Crippen LogP contribution is 2.42. The van der Waals surface area contributed by atoms with E-state index in [0.29, 0.717) is 17.5 Å². The van der Waals surface area contributed by atoms with E-state index in [-0.39, 0.29) is 0 Å². The molecular weight excluding hydrogens is 685 g/mol. The van der Waals surface area contributed by atoms with Gasteiger partial charge in [-0.1, -0.05) is 146 Å². The van der Waals surface area contributed by atoms with E-state index < -0.39 is 0 Å². The smallest absolute Gasteiger partial charge is 0.164 e. The Hall–Kier alpha value is -7.63. The van der Waals surface area contributed by atoms with Crippen LogP contribution in [0, 0.1) is 0 Å². The zero-order chi connectivity index (χ0) is 37.0. The summed E-state index contributed by atoms with van der Waals surface area (Å²) in [5.41, 5.74) is 12.1. The molecule has 3 heterocycles. The van der Waals surface area contributed by atoms with Gasteiger partial charge < -0.3 is 8.98 Å². The second kappa shape index (κ2) is 13.0. The SMILES string of the molecule is c1ccc(-c2cc(-c3ccccc3)c3oc4cc(-c5nc(-c6ccccc6)nc(-c6cccc7c6c6ccccc6n7-c6ccccc6)n5)ccc4c3c2)cc1. The van der Waals surface area contributed by atoms with Gasteiger partial charge in [-0.05, 0) is 65.2 Å². The van der Waals surface area contributed by atoms with Crippen molar-refractivity contribution in [3.05, 3.63) is 194 Å². The predicted octanol–water partition coefficient (Wildman–Crippen LogP) is 13.2. The summed E-state index contributed by atoms with van der Waals surface area (Å²) >= 11 is 0. The van der Waals surface area contributed by atoms with E-state index in [4.69, 9.17) is 19.4 Å². The van der Waals surface area contributed by atoms with Crippen molar-refractivity contribution >= 4 is 43.7 Å². The van der Waals surface area contributed by atoms with E-state index in [1.807, 2.05) is 48.5 Å². The maximum Gasteiger partial charge on any atom is 0.164 e. The number of fused-ring (bicyclic) bond motifs is 6. The summed E-state index contributed by atoms with van der Waals surface area (Å²) < 4.78 is 9.11. The van der Waals surface area contributed by atoms with Crippen LogP contribution >= 0.6 is 0 Å². The van der Waals surface area contributed by atoms with Crippen molar-refractivity contribution in [1.82, 2.24) is 19.5 Å². The molecular formula is C51H32N4O. The first-order chi connectivity index (χ1) is 27.8. The molecule has 0 aliphatic heterocycles. The Balaban J connectivity index is 1.13. The molecule has 5 heteroatoms. The summed E-state index contributed by atoms with van der Waals surface area (Å²) in [4.78, 5) is 15.5. The lowest BCUT2D eigenvalue weighted by Gasteiger charge is -2.10. The molecule has 0 bridgehead atoms. The molecule has 0 saturated carbocycles. The normalized spacial score (nSPS) is 11.6. The van der Waals surface area contributed by atoms with E-state index in [1.165, 1.54) is 0 Å². The maximum absolute atomic E-state index is 6.80. The summed E-state index contributed by atoms with van der Waals surface area (Å²) in [7, 11) is 0. The third kappa shape index (κ3) is 5.29. The van der Waals surface area contributed by atoms with Crippen molar-refractivity contribution < 1.29 is 4.42 Å². The Labute approximate surface area is 322 Å². The molecule has 0 radical (unpaired) electrons. The van der Waals surface area contributed by atoms with E-state index in [0.717, 1.165) is 88.4 Å². The van der Waals surface area contributed by atoms with Crippen LogP contribution in [0.25, 0.3) is 106 Å². The van der Waals surface area contributed by atoms with Gasteiger partial charge in [0, 0.05) is 49.5 Å². The van der Waals surface area contributed by atoms with Gasteiger partial charge >= 0.3 is 0 Å². The molecule has 0 N–H and O–H groups in total. The van der Waals surface area contributed by atoms with Crippen LogP contribution in [0.4, 0.5) is 0 Å². The van der Waals surface area contributed by atoms with Crippen molar-refractivity contribution in [2.24, 2.45) is 0 Å². The zero-order valence-corrected chi connectivity index (χ0v) is 30.2. The van der Waals surface area contributed by atoms with E-state index >= 15 is 0 Å². The van der Waals surface area contributed by atoms with Gasteiger partial charge in [0.25, 0.3) is 0 Å². The largest absolute Gasteiger partial charge is 0.455 e. The minimum atomic E-state index is 0.577. The monoisotopic (exact) mass is 716 g/mol. The predicted molar refractivity (Wildman–Crippen MR) is 229 cm³/mol. The van der Waals surface area contributed by atoms with Crippen LogP contribution in [0.2, 0.25) is 0 Å². The van der Waals surface area contributed by atoms with Crippen LogP contribution in [0.1, 0.15) is 0 Å². The molecule has 11 rings (SSSR count). The maximum atomic E-state index is 6.80. The number of aromatic nitrogens is 4. The first-order valence-corrected chi connectivity index (χ1v) is 18.8. The van der Waals surface area contributed by atoms with Crippen molar-refractivity contribution in [2.45, 2.75) is 0 Å².